The summed E-state index contributed by atoms with van der Waals surface area (Å²) in [6.45, 7) is 1.73. The Balaban J connectivity index is 1.19. The lowest BCUT2D eigenvalue weighted by atomic mass is 9.87. The van der Waals surface area contributed by atoms with Gasteiger partial charge >= 0.3 is 5.69 Å². The van der Waals surface area contributed by atoms with Gasteiger partial charge in [0, 0.05) is 43.1 Å². The highest BCUT2D eigenvalue weighted by Gasteiger charge is 2.44. The minimum atomic E-state index is -3.33. The topological polar surface area (TPSA) is 120 Å². The second-order valence-corrected chi connectivity index (χ2v) is 12.5. The molecule has 2 aliphatic carbocycles. The molecule has 3 fully saturated rings. The predicted octanol–water partition coefficient (Wildman–Crippen LogP) is 4.11. The summed E-state index contributed by atoms with van der Waals surface area (Å²) in [5.74, 6) is 2.03. The summed E-state index contributed by atoms with van der Waals surface area (Å²) in [5.41, 5.74) is 0.891. The Hall–Kier alpha value is -3.01. The van der Waals surface area contributed by atoms with E-state index in [-0.39, 0.29) is 28.3 Å². The third kappa shape index (κ3) is 5.09. The molecule has 1 aromatic carbocycles. The van der Waals surface area contributed by atoms with Crippen LogP contribution in [0.3, 0.4) is 0 Å². The van der Waals surface area contributed by atoms with Gasteiger partial charge in [-0.25, -0.2) is 13.4 Å². The molecule has 0 N–H and O–H groups in total. The Labute approximate surface area is 210 Å². The first-order valence-corrected chi connectivity index (χ1v) is 14.4. The Bertz CT molecular complexity index is 1250. The Morgan fingerprint density at radius 2 is 1.83 bits per heavy atom. The number of nitrogens with zero attached hydrogens (tertiary/aromatic N) is 3. The molecule has 3 unspecified atom stereocenters. The fourth-order valence-electron chi connectivity index (χ4n) is 6.03. The van der Waals surface area contributed by atoms with E-state index in [1.165, 1.54) is 43.7 Å². The van der Waals surface area contributed by atoms with Gasteiger partial charge < -0.3 is 9.64 Å². The molecule has 0 spiro atoms. The van der Waals surface area contributed by atoms with Crippen molar-refractivity contribution in [1.29, 1.82) is 0 Å². The predicted molar refractivity (Wildman–Crippen MR) is 133 cm³/mol. The van der Waals surface area contributed by atoms with Crippen LogP contribution in [0.4, 0.5) is 5.69 Å². The lowest BCUT2D eigenvalue weighted by molar-refractivity contribution is -0.386. The summed E-state index contributed by atoms with van der Waals surface area (Å²) in [6.07, 6.45) is 9.00. The van der Waals surface area contributed by atoms with E-state index in [9.17, 15) is 23.3 Å². The number of carbonyl (C=O) groups excluding carboxylic acids is 1. The molecular weight excluding hydrogens is 482 g/mol. The Kier molecular flexibility index (Phi) is 6.72. The molecule has 1 aliphatic heterocycles. The van der Waals surface area contributed by atoms with Gasteiger partial charge in [0.15, 0.2) is 9.84 Å². The van der Waals surface area contributed by atoms with E-state index in [4.69, 9.17) is 4.74 Å². The van der Waals surface area contributed by atoms with Gasteiger partial charge in [-0.05, 0) is 67.6 Å². The van der Waals surface area contributed by atoms with Crippen LogP contribution in [0.2, 0.25) is 0 Å². The van der Waals surface area contributed by atoms with Crippen molar-refractivity contribution in [2.45, 2.75) is 43.4 Å². The highest BCUT2D eigenvalue weighted by Crippen LogP contribution is 2.49. The van der Waals surface area contributed by atoms with Crippen LogP contribution >= 0.6 is 0 Å². The standard InChI is InChI=1S/C26H31N3O6S/c1-36(33,34)22-6-4-19(5-7-22)21-14-24(29(31)32)25(27-15-21)35-16-17-8-10-28(11-9-17)26(30)23-13-18-2-3-20(23)12-18/h4-7,14-15,17-18,20,23H,2-3,8-13,16H2,1H3. The van der Waals surface area contributed by atoms with Gasteiger partial charge in [0.1, 0.15) is 0 Å². The molecular formula is C26H31N3O6S. The van der Waals surface area contributed by atoms with Crippen molar-refractivity contribution >= 4 is 21.4 Å². The van der Waals surface area contributed by atoms with E-state index in [1.807, 2.05) is 4.90 Å². The Morgan fingerprint density at radius 1 is 1.11 bits per heavy atom. The van der Waals surface area contributed by atoms with Gasteiger partial charge in [0.2, 0.25) is 5.91 Å². The molecule has 10 heteroatoms. The first-order chi connectivity index (χ1) is 17.2. The summed E-state index contributed by atoms with van der Waals surface area (Å²) in [5, 5.41) is 11.7. The van der Waals surface area contributed by atoms with E-state index < -0.39 is 14.8 Å². The normalized spacial score (nSPS) is 24.1. The van der Waals surface area contributed by atoms with Crippen molar-refractivity contribution in [3.8, 4) is 17.0 Å². The lowest BCUT2D eigenvalue weighted by Gasteiger charge is -2.35. The maximum Gasteiger partial charge on any atom is 0.331 e. The number of rotatable bonds is 7. The molecule has 3 atom stereocenters. The Morgan fingerprint density at radius 3 is 2.42 bits per heavy atom. The monoisotopic (exact) mass is 513 g/mol. The number of benzene rings is 1. The number of amides is 1. The molecule has 2 saturated carbocycles. The van der Waals surface area contributed by atoms with Crippen LogP contribution in [0.1, 0.15) is 38.5 Å². The third-order valence-corrected chi connectivity index (χ3v) is 9.21. The summed E-state index contributed by atoms with van der Waals surface area (Å²) < 4.78 is 29.1. The van der Waals surface area contributed by atoms with Gasteiger partial charge in [0.05, 0.1) is 16.4 Å². The van der Waals surface area contributed by atoms with Crippen molar-refractivity contribution < 1.29 is 22.9 Å². The second-order valence-electron chi connectivity index (χ2n) is 10.5. The minimum absolute atomic E-state index is 0.0306. The summed E-state index contributed by atoms with van der Waals surface area (Å²) in [6, 6.07) is 7.53. The number of aromatic nitrogens is 1. The summed E-state index contributed by atoms with van der Waals surface area (Å²) >= 11 is 0. The van der Waals surface area contributed by atoms with Crippen molar-refractivity contribution in [3.63, 3.8) is 0 Å². The van der Waals surface area contributed by atoms with E-state index in [0.29, 0.717) is 42.6 Å². The number of hydrogen-bond acceptors (Lipinski definition) is 7. The molecule has 3 aliphatic rings. The van der Waals surface area contributed by atoms with Crippen LogP contribution in [0.25, 0.3) is 11.1 Å². The van der Waals surface area contributed by atoms with Crippen LogP contribution in [0.5, 0.6) is 5.88 Å². The van der Waals surface area contributed by atoms with Gasteiger partial charge in [-0.1, -0.05) is 18.6 Å². The van der Waals surface area contributed by atoms with Crippen LogP contribution in [0.15, 0.2) is 41.4 Å². The molecule has 36 heavy (non-hydrogen) atoms. The number of likely N-dealkylation sites (tertiary alicyclic amines) is 1. The number of nitro groups is 1. The highest BCUT2D eigenvalue weighted by atomic mass is 32.2. The van der Waals surface area contributed by atoms with Crippen molar-refractivity contribution in [1.82, 2.24) is 9.88 Å². The summed E-state index contributed by atoms with van der Waals surface area (Å²) in [4.78, 5) is 30.6. The van der Waals surface area contributed by atoms with E-state index >= 15 is 0 Å². The molecule has 1 amide bonds. The van der Waals surface area contributed by atoms with Gasteiger partial charge in [-0.2, -0.15) is 0 Å². The lowest BCUT2D eigenvalue weighted by Crippen LogP contribution is -2.43. The molecule has 1 saturated heterocycles. The second kappa shape index (κ2) is 9.80. The van der Waals surface area contributed by atoms with Crippen molar-refractivity contribution in [2.75, 3.05) is 26.0 Å². The first-order valence-electron chi connectivity index (χ1n) is 12.6. The summed E-state index contributed by atoms with van der Waals surface area (Å²) in [7, 11) is -3.33. The number of pyridine rings is 1. The SMILES string of the molecule is CS(=O)(=O)c1ccc(-c2cnc(OCC3CCN(C(=O)C4CC5CCC4C5)CC3)c([N+](=O)[O-])c2)cc1. The number of piperidine rings is 1. The fraction of sp³-hybridized carbons (Fsp3) is 0.538. The molecule has 1 aromatic heterocycles. The van der Waals surface area contributed by atoms with Gasteiger partial charge in [-0.3, -0.25) is 14.9 Å². The van der Waals surface area contributed by atoms with Crippen molar-refractivity contribution in [3.05, 3.63) is 46.6 Å². The average Bonchev–Trinajstić information content (AvgIpc) is 3.51. The van der Waals surface area contributed by atoms with Gasteiger partial charge in [-0.15, -0.1) is 0 Å². The maximum atomic E-state index is 13.0. The highest BCUT2D eigenvalue weighted by molar-refractivity contribution is 7.90. The van der Waals surface area contributed by atoms with Crippen LogP contribution in [-0.4, -0.2) is 55.1 Å². The maximum absolute atomic E-state index is 13.0. The molecule has 192 valence electrons. The van der Waals surface area contributed by atoms with Gasteiger partial charge in [0.25, 0.3) is 5.88 Å². The molecule has 2 heterocycles. The van der Waals surface area contributed by atoms with E-state index in [0.717, 1.165) is 31.4 Å². The zero-order valence-corrected chi connectivity index (χ0v) is 21.2. The largest absolute Gasteiger partial charge is 0.473 e. The third-order valence-electron chi connectivity index (χ3n) is 8.08. The van der Waals surface area contributed by atoms with Crippen LogP contribution < -0.4 is 4.74 Å². The van der Waals surface area contributed by atoms with Crippen LogP contribution in [-0.2, 0) is 14.6 Å². The number of ether oxygens (including phenoxy) is 1. The number of sulfone groups is 1. The molecule has 9 nitrogen and oxygen atoms in total. The number of carbonyl (C=O) groups is 1. The fourth-order valence-corrected chi connectivity index (χ4v) is 6.66. The van der Waals surface area contributed by atoms with Crippen LogP contribution in [0, 0.1) is 33.8 Å². The average molecular weight is 514 g/mol. The molecule has 0 radical (unpaired) electrons. The minimum Gasteiger partial charge on any atom is -0.473 e. The zero-order valence-electron chi connectivity index (χ0n) is 20.3. The smallest absolute Gasteiger partial charge is 0.331 e. The molecule has 2 aromatic rings. The molecule has 5 rings (SSSR count). The zero-order chi connectivity index (χ0) is 25.4. The van der Waals surface area contributed by atoms with E-state index in [1.54, 1.807) is 12.1 Å². The quantitative estimate of drug-likeness (QED) is 0.403. The van der Waals surface area contributed by atoms with E-state index in [2.05, 4.69) is 4.98 Å². The number of fused-ring (bicyclic) bond motifs is 2. The number of hydrogen-bond donors (Lipinski definition) is 0. The first kappa shape index (κ1) is 24.7. The van der Waals surface area contributed by atoms with Crippen molar-refractivity contribution in [2.24, 2.45) is 23.7 Å². The molecule has 2 bridgehead atoms.